The van der Waals surface area contributed by atoms with Crippen LogP contribution in [-0.4, -0.2) is 36.3 Å². The van der Waals surface area contributed by atoms with Gasteiger partial charge in [0.25, 0.3) is 0 Å². The van der Waals surface area contributed by atoms with Crippen molar-refractivity contribution in [1.82, 2.24) is 9.97 Å². The largest absolute Gasteiger partial charge is 0.486 e. The van der Waals surface area contributed by atoms with Crippen LogP contribution in [0.25, 0.3) is 0 Å². The van der Waals surface area contributed by atoms with E-state index in [0.717, 1.165) is 0 Å². The maximum absolute atomic E-state index is 12.4. The third-order valence-corrected chi connectivity index (χ3v) is 4.56. The van der Waals surface area contributed by atoms with Crippen LogP contribution in [0.2, 0.25) is 0 Å². The van der Waals surface area contributed by atoms with E-state index < -0.39 is 12.0 Å². The highest BCUT2D eigenvalue weighted by molar-refractivity contribution is 5.81. The second-order valence-electron chi connectivity index (χ2n) is 6.56. The lowest BCUT2D eigenvalue weighted by Crippen LogP contribution is -2.23. The molecule has 4 rings (SSSR count). The first-order valence-electron chi connectivity index (χ1n) is 9.51. The minimum atomic E-state index is -0.838. The number of carbonyl (C=O) groups is 1. The summed E-state index contributed by atoms with van der Waals surface area (Å²) in [6.07, 6.45) is 1.38. The Morgan fingerprint density at radius 2 is 1.94 bits per heavy atom. The van der Waals surface area contributed by atoms with Gasteiger partial charge in [0.05, 0.1) is 13.3 Å². The first kappa shape index (κ1) is 20.0. The molecule has 0 amide bonds. The Morgan fingerprint density at radius 3 is 2.68 bits per heavy atom. The van der Waals surface area contributed by atoms with Gasteiger partial charge in [-0.3, -0.25) is 0 Å². The first-order valence-corrected chi connectivity index (χ1v) is 9.51. The van der Waals surface area contributed by atoms with Gasteiger partial charge in [-0.25, -0.2) is 9.78 Å². The molecule has 0 saturated heterocycles. The zero-order chi connectivity index (χ0) is 21.6. The van der Waals surface area contributed by atoms with Crippen LogP contribution in [0.1, 0.15) is 17.2 Å². The molecule has 1 aromatic heterocycles. The number of nitrogens with zero attached hydrogens (tertiary/aromatic N) is 3. The SMILES string of the molecule is COC(=O)C(Nc1nc(Nc2ccc3c(c2)OCCO3)ncc1C#N)c1ccccc1. The lowest BCUT2D eigenvalue weighted by Gasteiger charge is -2.19. The molecular weight excluding hydrogens is 398 g/mol. The number of nitrogens with one attached hydrogen (secondary N) is 2. The highest BCUT2D eigenvalue weighted by atomic mass is 16.6. The molecule has 156 valence electrons. The standard InChI is InChI=1S/C22H19N5O4/c1-29-21(28)19(14-5-3-2-4-6-14)26-20-15(12-23)13-24-22(27-20)25-16-7-8-17-18(11-16)31-10-9-30-17/h2-8,11,13,19H,9-10H2,1H3,(H2,24,25,26,27). The van der Waals surface area contributed by atoms with Gasteiger partial charge in [0.15, 0.2) is 23.4 Å². The Morgan fingerprint density at radius 1 is 1.16 bits per heavy atom. The van der Waals surface area contributed by atoms with Gasteiger partial charge in [-0.15, -0.1) is 0 Å². The predicted molar refractivity (Wildman–Crippen MR) is 112 cm³/mol. The highest BCUT2D eigenvalue weighted by Crippen LogP contribution is 2.33. The van der Waals surface area contributed by atoms with E-state index >= 15 is 0 Å². The number of esters is 1. The van der Waals surface area contributed by atoms with Crippen LogP contribution in [0.15, 0.2) is 54.7 Å². The minimum Gasteiger partial charge on any atom is -0.486 e. The van der Waals surface area contributed by atoms with Crippen LogP contribution < -0.4 is 20.1 Å². The molecule has 9 nitrogen and oxygen atoms in total. The minimum absolute atomic E-state index is 0.192. The summed E-state index contributed by atoms with van der Waals surface area (Å²) in [6, 6.07) is 15.6. The topological polar surface area (TPSA) is 118 Å². The van der Waals surface area contributed by atoms with E-state index in [2.05, 4.69) is 20.6 Å². The summed E-state index contributed by atoms with van der Waals surface area (Å²) in [6.45, 7) is 0.989. The normalized spacial score (nSPS) is 12.9. The monoisotopic (exact) mass is 417 g/mol. The van der Waals surface area contributed by atoms with Crippen LogP contribution in [0.4, 0.5) is 17.5 Å². The summed E-state index contributed by atoms with van der Waals surface area (Å²) in [5.74, 6) is 1.24. The van der Waals surface area contributed by atoms with Crippen molar-refractivity contribution in [3.8, 4) is 17.6 Å². The fourth-order valence-corrected chi connectivity index (χ4v) is 3.06. The fourth-order valence-electron chi connectivity index (χ4n) is 3.06. The Bertz CT molecular complexity index is 1130. The molecule has 31 heavy (non-hydrogen) atoms. The van der Waals surface area contributed by atoms with E-state index in [1.165, 1.54) is 13.3 Å². The summed E-state index contributed by atoms with van der Waals surface area (Å²) >= 11 is 0. The molecule has 1 aliphatic heterocycles. The van der Waals surface area contributed by atoms with Gasteiger partial charge in [-0.2, -0.15) is 10.2 Å². The van der Waals surface area contributed by atoms with Crippen molar-refractivity contribution >= 4 is 23.4 Å². The van der Waals surface area contributed by atoms with Gasteiger partial charge in [0, 0.05) is 11.8 Å². The molecule has 0 saturated carbocycles. The number of methoxy groups -OCH3 is 1. The number of fused-ring (bicyclic) bond motifs is 1. The van der Waals surface area contributed by atoms with Crippen molar-refractivity contribution in [1.29, 1.82) is 5.26 Å². The van der Waals surface area contributed by atoms with Crippen molar-refractivity contribution in [2.75, 3.05) is 31.0 Å². The quantitative estimate of drug-likeness (QED) is 0.583. The molecular formula is C22H19N5O4. The molecule has 2 N–H and O–H groups in total. The number of carbonyl (C=O) groups excluding carboxylic acids is 1. The highest BCUT2D eigenvalue weighted by Gasteiger charge is 2.23. The van der Waals surface area contributed by atoms with E-state index in [4.69, 9.17) is 14.2 Å². The zero-order valence-electron chi connectivity index (χ0n) is 16.7. The Balaban J connectivity index is 1.61. The van der Waals surface area contributed by atoms with Gasteiger partial charge in [-0.1, -0.05) is 30.3 Å². The van der Waals surface area contributed by atoms with Crippen LogP contribution in [0.3, 0.4) is 0 Å². The molecule has 0 radical (unpaired) electrons. The lowest BCUT2D eigenvalue weighted by atomic mass is 10.1. The fraction of sp³-hybridized carbons (Fsp3) is 0.182. The van der Waals surface area contributed by atoms with Crippen molar-refractivity contribution in [3.05, 3.63) is 65.9 Å². The smallest absolute Gasteiger partial charge is 0.333 e. The van der Waals surface area contributed by atoms with E-state index in [1.54, 1.807) is 24.3 Å². The van der Waals surface area contributed by atoms with E-state index in [-0.39, 0.29) is 17.3 Å². The van der Waals surface area contributed by atoms with Crippen LogP contribution in [-0.2, 0) is 9.53 Å². The summed E-state index contributed by atoms with van der Waals surface area (Å²) in [5, 5.41) is 15.6. The molecule has 0 aliphatic carbocycles. The van der Waals surface area contributed by atoms with Crippen molar-refractivity contribution in [2.24, 2.45) is 0 Å². The molecule has 0 fully saturated rings. The maximum Gasteiger partial charge on any atom is 0.333 e. The number of ether oxygens (including phenoxy) is 3. The second-order valence-corrected chi connectivity index (χ2v) is 6.56. The van der Waals surface area contributed by atoms with Crippen LogP contribution >= 0.6 is 0 Å². The number of benzene rings is 2. The third-order valence-electron chi connectivity index (χ3n) is 4.56. The Labute approximate surface area is 178 Å². The summed E-state index contributed by atoms with van der Waals surface area (Å²) < 4.78 is 16.0. The molecule has 0 spiro atoms. The maximum atomic E-state index is 12.4. The van der Waals surface area contributed by atoms with Crippen molar-refractivity contribution < 1.29 is 19.0 Å². The van der Waals surface area contributed by atoms with E-state index in [9.17, 15) is 10.1 Å². The molecule has 3 aromatic rings. The van der Waals surface area contributed by atoms with Gasteiger partial charge < -0.3 is 24.8 Å². The van der Waals surface area contributed by atoms with E-state index in [0.29, 0.717) is 36.0 Å². The van der Waals surface area contributed by atoms with E-state index in [1.807, 2.05) is 30.3 Å². The Kier molecular flexibility index (Phi) is 5.80. The van der Waals surface area contributed by atoms with Gasteiger partial charge in [0.2, 0.25) is 5.95 Å². The molecule has 1 atom stereocenters. The summed E-state index contributed by atoms with van der Waals surface area (Å²) in [7, 11) is 1.31. The summed E-state index contributed by atoms with van der Waals surface area (Å²) in [5.41, 5.74) is 1.56. The second kappa shape index (κ2) is 9.00. The zero-order valence-corrected chi connectivity index (χ0v) is 16.7. The number of nitriles is 1. The molecule has 2 heterocycles. The lowest BCUT2D eigenvalue weighted by molar-refractivity contribution is -0.141. The number of aromatic nitrogens is 2. The Hall–Kier alpha value is -4.32. The predicted octanol–water partition coefficient (Wildman–Crippen LogP) is 3.19. The van der Waals surface area contributed by atoms with Gasteiger partial charge in [0.1, 0.15) is 24.8 Å². The first-order chi connectivity index (χ1) is 15.2. The average molecular weight is 417 g/mol. The van der Waals surface area contributed by atoms with Crippen molar-refractivity contribution in [2.45, 2.75) is 6.04 Å². The van der Waals surface area contributed by atoms with Crippen molar-refractivity contribution in [3.63, 3.8) is 0 Å². The average Bonchev–Trinajstić information content (AvgIpc) is 2.82. The molecule has 0 bridgehead atoms. The molecule has 2 aromatic carbocycles. The molecule has 1 unspecified atom stereocenters. The third kappa shape index (κ3) is 4.48. The van der Waals surface area contributed by atoms with Gasteiger partial charge >= 0.3 is 5.97 Å². The number of rotatable bonds is 6. The number of hydrogen-bond acceptors (Lipinski definition) is 9. The number of hydrogen-bond donors (Lipinski definition) is 2. The van der Waals surface area contributed by atoms with Gasteiger partial charge in [-0.05, 0) is 17.7 Å². The molecule has 9 heteroatoms. The number of anilines is 3. The van der Waals surface area contributed by atoms with Crippen LogP contribution in [0, 0.1) is 11.3 Å². The molecule has 1 aliphatic rings. The van der Waals surface area contributed by atoms with Crippen LogP contribution in [0.5, 0.6) is 11.5 Å². The summed E-state index contributed by atoms with van der Waals surface area (Å²) in [4.78, 5) is 21.0.